The van der Waals surface area contributed by atoms with Crippen LogP contribution in [0.2, 0.25) is 0 Å². The average molecular weight is 286 g/mol. The van der Waals surface area contributed by atoms with Gasteiger partial charge in [-0.2, -0.15) is 0 Å². The lowest BCUT2D eigenvalue weighted by atomic mass is 10.2. The zero-order valence-corrected chi connectivity index (χ0v) is 11.1. The lowest BCUT2D eigenvalue weighted by Crippen LogP contribution is -2.08. The minimum Gasteiger partial charge on any atom is -0.457 e. The van der Waals surface area contributed by atoms with Crippen LogP contribution < -0.4 is 10.5 Å². The molecule has 6 heteroatoms. The topological polar surface area (TPSA) is 89.3 Å². The molecule has 0 unspecified atom stereocenters. The number of hydrogen-bond acceptors (Lipinski definition) is 5. The van der Waals surface area contributed by atoms with E-state index < -0.39 is 5.97 Å². The third-order valence-electron chi connectivity index (χ3n) is 2.69. The van der Waals surface area contributed by atoms with Gasteiger partial charge in [0.05, 0.1) is 11.1 Å². The Morgan fingerprint density at radius 1 is 1.30 bits per heavy atom. The minimum absolute atomic E-state index is 0.0281. The molecule has 1 aromatic carbocycles. The van der Waals surface area contributed by atoms with Gasteiger partial charge in [-0.15, -0.1) is 11.3 Å². The molecule has 0 saturated heterocycles. The number of ether oxygens (including phenoxy) is 1. The second-order valence-electron chi connectivity index (χ2n) is 4.09. The molecule has 0 radical (unpaired) electrons. The fourth-order valence-corrected chi connectivity index (χ4v) is 2.71. The summed E-state index contributed by atoms with van der Waals surface area (Å²) in [4.78, 5) is 12.4. The van der Waals surface area contributed by atoms with E-state index in [9.17, 15) is 4.79 Å². The van der Waals surface area contributed by atoms with E-state index in [4.69, 9.17) is 20.3 Å². The van der Waals surface area contributed by atoms with Crippen molar-refractivity contribution in [3.05, 3.63) is 53.3 Å². The van der Waals surface area contributed by atoms with E-state index in [1.807, 2.05) is 12.1 Å². The molecular formula is C14H10N2O3S. The fourth-order valence-electron chi connectivity index (χ4n) is 1.76. The van der Waals surface area contributed by atoms with Crippen LogP contribution in [0.5, 0.6) is 5.75 Å². The number of hydrogen-bond donors (Lipinski definition) is 2. The predicted molar refractivity (Wildman–Crippen MR) is 76.5 cm³/mol. The maximum atomic E-state index is 11.8. The quantitative estimate of drug-likeness (QED) is 0.335. The monoisotopic (exact) mass is 286 g/mol. The van der Waals surface area contributed by atoms with Gasteiger partial charge in [-0.3, -0.25) is 5.41 Å². The van der Waals surface area contributed by atoms with Gasteiger partial charge in [0.25, 0.3) is 0 Å². The third kappa shape index (κ3) is 2.28. The van der Waals surface area contributed by atoms with Crippen LogP contribution in [0, 0.1) is 5.41 Å². The van der Waals surface area contributed by atoms with E-state index in [2.05, 4.69) is 0 Å². The number of nitrogens with two attached hydrogens (primary N) is 1. The van der Waals surface area contributed by atoms with Gasteiger partial charge in [0.15, 0.2) is 0 Å². The molecule has 0 bridgehead atoms. The van der Waals surface area contributed by atoms with E-state index in [1.54, 1.807) is 24.3 Å². The molecule has 2 aromatic heterocycles. The summed E-state index contributed by atoms with van der Waals surface area (Å²) in [7, 11) is 0. The van der Waals surface area contributed by atoms with Crippen LogP contribution in [0.15, 0.2) is 47.1 Å². The molecule has 3 rings (SSSR count). The number of thiophene rings is 1. The Labute approximate surface area is 118 Å². The van der Waals surface area contributed by atoms with Crippen molar-refractivity contribution in [2.75, 3.05) is 0 Å². The molecule has 3 aromatic rings. The summed E-state index contributed by atoms with van der Waals surface area (Å²) in [5, 5.41) is 8.38. The van der Waals surface area contributed by atoms with Crippen molar-refractivity contribution >= 4 is 33.2 Å². The number of nitrogen functional groups attached to an aromatic ring is 1. The van der Waals surface area contributed by atoms with Gasteiger partial charge in [-0.1, -0.05) is 0 Å². The van der Waals surface area contributed by atoms with Crippen LogP contribution >= 0.6 is 11.3 Å². The van der Waals surface area contributed by atoms with E-state index >= 15 is 0 Å². The molecule has 0 saturated carbocycles. The molecule has 0 aliphatic rings. The average Bonchev–Trinajstić information content (AvgIpc) is 3.07. The third-order valence-corrected chi connectivity index (χ3v) is 3.82. The Morgan fingerprint density at radius 2 is 2.15 bits per heavy atom. The highest BCUT2D eigenvalue weighted by atomic mass is 32.1. The Hall–Kier alpha value is -2.60. The highest BCUT2D eigenvalue weighted by Crippen LogP contribution is 2.29. The van der Waals surface area contributed by atoms with Crippen LogP contribution in [0.4, 0.5) is 0 Å². The SMILES string of the molecule is N=C(N)c1cc2ccc(OC(=O)c3ccco3)cc2s1. The second-order valence-corrected chi connectivity index (χ2v) is 5.17. The van der Waals surface area contributed by atoms with E-state index in [0.717, 1.165) is 10.1 Å². The van der Waals surface area contributed by atoms with Crippen molar-refractivity contribution < 1.29 is 13.9 Å². The zero-order valence-electron chi connectivity index (χ0n) is 10.3. The summed E-state index contributed by atoms with van der Waals surface area (Å²) in [5.74, 6) is 0.0644. The molecular weight excluding hydrogens is 276 g/mol. The zero-order chi connectivity index (χ0) is 14.1. The van der Waals surface area contributed by atoms with Crippen LogP contribution in [0.3, 0.4) is 0 Å². The predicted octanol–water partition coefficient (Wildman–Crippen LogP) is 3.00. The first-order chi connectivity index (χ1) is 9.63. The van der Waals surface area contributed by atoms with Crippen LogP contribution in [-0.2, 0) is 0 Å². The van der Waals surface area contributed by atoms with Gasteiger partial charge >= 0.3 is 5.97 Å². The number of furan rings is 1. The molecule has 0 fully saturated rings. The molecule has 0 aliphatic heterocycles. The van der Waals surface area contributed by atoms with Crippen LogP contribution in [0.25, 0.3) is 10.1 Å². The molecule has 100 valence electrons. The number of amidine groups is 1. The minimum atomic E-state index is -0.544. The summed E-state index contributed by atoms with van der Waals surface area (Å²) in [6.07, 6.45) is 1.41. The number of carbonyl (C=O) groups excluding carboxylic acids is 1. The number of benzene rings is 1. The summed E-state index contributed by atoms with van der Waals surface area (Å²) >= 11 is 1.38. The largest absolute Gasteiger partial charge is 0.457 e. The first kappa shape index (κ1) is 12.4. The summed E-state index contributed by atoms with van der Waals surface area (Å²) in [6, 6.07) is 10.3. The van der Waals surface area contributed by atoms with Crippen molar-refractivity contribution in [1.82, 2.24) is 0 Å². The Morgan fingerprint density at radius 3 is 2.85 bits per heavy atom. The lowest BCUT2D eigenvalue weighted by molar-refractivity contribution is 0.0701. The number of carbonyl (C=O) groups is 1. The van der Waals surface area contributed by atoms with Gasteiger partial charge in [-0.25, -0.2) is 4.79 Å². The molecule has 0 aliphatic carbocycles. The molecule has 0 amide bonds. The number of esters is 1. The molecule has 0 atom stereocenters. The van der Waals surface area contributed by atoms with Crippen LogP contribution in [-0.4, -0.2) is 11.8 Å². The van der Waals surface area contributed by atoms with Crippen molar-refractivity contribution in [1.29, 1.82) is 5.41 Å². The molecule has 5 nitrogen and oxygen atoms in total. The highest BCUT2D eigenvalue weighted by Gasteiger charge is 2.12. The van der Waals surface area contributed by atoms with Crippen molar-refractivity contribution in [2.45, 2.75) is 0 Å². The van der Waals surface area contributed by atoms with E-state index in [1.165, 1.54) is 17.6 Å². The van der Waals surface area contributed by atoms with Gasteiger partial charge in [0.2, 0.25) is 5.76 Å². The first-order valence-corrected chi connectivity index (χ1v) is 6.59. The number of nitrogens with one attached hydrogen (secondary N) is 1. The van der Waals surface area contributed by atoms with Gasteiger partial charge in [-0.05, 0) is 41.8 Å². The molecule has 3 N–H and O–H groups in total. The molecule has 20 heavy (non-hydrogen) atoms. The second kappa shape index (κ2) is 4.82. The maximum absolute atomic E-state index is 11.8. The maximum Gasteiger partial charge on any atom is 0.379 e. The summed E-state index contributed by atoms with van der Waals surface area (Å²) < 4.78 is 11.1. The van der Waals surface area contributed by atoms with Gasteiger partial charge in [0.1, 0.15) is 11.6 Å². The standard InChI is InChI=1S/C14H10N2O3S/c15-13(16)12-6-8-3-4-9(7-11(8)20-12)19-14(17)10-2-1-5-18-10/h1-7H,(H3,15,16). The Balaban J connectivity index is 1.89. The van der Waals surface area contributed by atoms with Crippen molar-refractivity contribution in [2.24, 2.45) is 5.73 Å². The fraction of sp³-hybridized carbons (Fsp3) is 0. The summed E-state index contributed by atoms with van der Waals surface area (Å²) in [6.45, 7) is 0. The smallest absolute Gasteiger partial charge is 0.379 e. The Kier molecular flexibility index (Phi) is 3.00. The molecule has 0 spiro atoms. The van der Waals surface area contributed by atoms with Crippen molar-refractivity contribution in [3.63, 3.8) is 0 Å². The first-order valence-electron chi connectivity index (χ1n) is 5.77. The number of fused-ring (bicyclic) bond motifs is 1. The number of rotatable bonds is 3. The molecule has 2 heterocycles. The van der Waals surface area contributed by atoms with Gasteiger partial charge in [0, 0.05) is 4.70 Å². The lowest BCUT2D eigenvalue weighted by Gasteiger charge is -2.01. The van der Waals surface area contributed by atoms with E-state index in [0.29, 0.717) is 10.6 Å². The normalized spacial score (nSPS) is 10.6. The van der Waals surface area contributed by atoms with Gasteiger partial charge < -0.3 is 14.9 Å². The Bertz CT molecular complexity index is 790. The van der Waals surface area contributed by atoms with Crippen molar-refractivity contribution in [3.8, 4) is 5.75 Å². The van der Waals surface area contributed by atoms with E-state index in [-0.39, 0.29) is 11.6 Å². The summed E-state index contributed by atoms with van der Waals surface area (Å²) in [5.41, 5.74) is 5.46. The highest BCUT2D eigenvalue weighted by molar-refractivity contribution is 7.20. The van der Waals surface area contributed by atoms with Crippen LogP contribution in [0.1, 0.15) is 15.4 Å².